The van der Waals surface area contributed by atoms with Crippen molar-refractivity contribution in [2.24, 2.45) is 0 Å². The van der Waals surface area contributed by atoms with Gasteiger partial charge in [0.05, 0.1) is 10.4 Å². The third kappa shape index (κ3) is 5.59. The van der Waals surface area contributed by atoms with E-state index in [1.54, 1.807) is 54.4 Å². The summed E-state index contributed by atoms with van der Waals surface area (Å²) in [7, 11) is 1.70. The van der Waals surface area contributed by atoms with Crippen LogP contribution in [0.4, 0.5) is 0 Å². The van der Waals surface area contributed by atoms with Gasteiger partial charge in [0.2, 0.25) is 0 Å². The number of halogens is 1. The van der Waals surface area contributed by atoms with Crippen LogP contribution in [0.5, 0.6) is 0 Å². The van der Waals surface area contributed by atoms with Gasteiger partial charge in [0.15, 0.2) is 0 Å². The third-order valence-corrected chi connectivity index (χ3v) is 7.55. The van der Waals surface area contributed by atoms with Crippen LogP contribution in [0.25, 0.3) is 22.0 Å². The highest BCUT2D eigenvalue weighted by atomic mass is 35.5. The van der Waals surface area contributed by atoms with Crippen LogP contribution < -0.4 is 0 Å². The standard InChI is InChI=1S/C27H29N3O3S.ClH/c1-28(2)17-10-18-29(3)27(31)26-20-23-19-22(21-11-6-4-7-12-21)15-16-25(23)30(26)34(32,33)24-13-8-5-9-14-24;/h4-9,11-16,19-20H,10,17-18H2,1-3H3;1H. The minimum absolute atomic E-state index is 0. The molecule has 0 unspecified atom stereocenters. The molecule has 4 rings (SSSR count). The van der Waals surface area contributed by atoms with Crippen molar-refractivity contribution >= 4 is 39.2 Å². The van der Waals surface area contributed by atoms with Gasteiger partial charge in [-0.1, -0.05) is 54.6 Å². The van der Waals surface area contributed by atoms with E-state index >= 15 is 0 Å². The fourth-order valence-corrected chi connectivity index (χ4v) is 5.55. The molecule has 3 aromatic carbocycles. The first-order valence-corrected chi connectivity index (χ1v) is 12.6. The maximum atomic E-state index is 13.7. The van der Waals surface area contributed by atoms with Gasteiger partial charge >= 0.3 is 0 Å². The highest BCUT2D eigenvalue weighted by molar-refractivity contribution is 7.90. The van der Waals surface area contributed by atoms with Crippen LogP contribution in [-0.2, 0) is 10.0 Å². The number of carbonyl (C=O) groups is 1. The molecule has 0 aliphatic heterocycles. The van der Waals surface area contributed by atoms with E-state index in [0.29, 0.717) is 17.4 Å². The van der Waals surface area contributed by atoms with Gasteiger partial charge in [0.25, 0.3) is 15.9 Å². The Bertz CT molecular complexity index is 1400. The molecule has 1 amide bonds. The van der Waals surface area contributed by atoms with Crippen LogP contribution in [0.3, 0.4) is 0 Å². The average molecular weight is 512 g/mol. The van der Waals surface area contributed by atoms with Gasteiger partial charge < -0.3 is 9.80 Å². The summed E-state index contributed by atoms with van der Waals surface area (Å²) in [5.41, 5.74) is 2.60. The Hall–Kier alpha value is -3.13. The van der Waals surface area contributed by atoms with E-state index < -0.39 is 10.0 Å². The van der Waals surface area contributed by atoms with Gasteiger partial charge in [-0.2, -0.15) is 0 Å². The summed E-state index contributed by atoms with van der Waals surface area (Å²) in [4.78, 5) is 17.3. The van der Waals surface area contributed by atoms with Crippen molar-refractivity contribution in [3.05, 3.63) is 90.6 Å². The molecule has 1 heterocycles. The Morgan fingerprint density at radius 3 is 2.06 bits per heavy atom. The summed E-state index contributed by atoms with van der Waals surface area (Å²) in [5.74, 6) is -0.323. The second-order valence-corrected chi connectivity index (χ2v) is 10.4. The van der Waals surface area contributed by atoms with Crippen LogP contribution in [0.15, 0.2) is 89.8 Å². The lowest BCUT2D eigenvalue weighted by Crippen LogP contribution is -2.32. The quantitative estimate of drug-likeness (QED) is 0.334. The monoisotopic (exact) mass is 511 g/mol. The highest BCUT2D eigenvalue weighted by Gasteiger charge is 2.28. The molecular weight excluding hydrogens is 482 g/mol. The van der Waals surface area contributed by atoms with E-state index in [-0.39, 0.29) is 28.9 Å². The van der Waals surface area contributed by atoms with E-state index in [1.165, 1.54) is 3.97 Å². The zero-order chi connectivity index (χ0) is 24.3. The SMILES string of the molecule is CN(C)CCCN(C)C(=O)c1cc2cc(-c3ccccc3)ccc2n1S(=O)(=O)c1ccccc1.Cl. The average Bonchev–Trinajstić information content (AvgIpc) is 3.24. The van der Waals surface area contributed by atoms with Crippen molar-refractivity contribution < 1.29 is 13.2 Å². The molecule has 0 spiro atoms. The Kier molecular flexibility index (Phi) is 8.38. The number of nitrogens with zero attached hydrogens (tertiary/aromatic N) is 3. The summed E-state index contributed by atoms with van der Waals surface area (Å²) in [5, 5.41) is 0.700. The molecule has 184 valence electrons. The fourth-order valence-electron chi connectivity index (χ4n) is 4.03. The molecule has 4 aromatic rings. The zero-order valence-corrected chi connectivity index (χ0v) is 21.7. The van der Waals surface area contributed by atoms with Crippen LogP contribution in [0.2, 0.25) is 0 Å². The summed E-state index contributed by atoms with van der Waals surface area (Å²) >= 11 is 0. The van der Waals surface area contributed by atoms with Gasteiger partial charge in [0.1, 0.15) is 5.69 Å². The molecule has 0 radical (unpaired) electrons. The molecule has 0 saturated heterocycles. The van der Waals surface area contributed by atoms with Crippen LogP contribution in [0, 0.1) is 0 Å². The number of aromatic nitrogens is 1. The molecule has 6 nitrogen and oxygen atoms in total. The largest absolute Gasteiger partial charge is 0.340 e. The van der Waals surface area contributed by atoms with Gasteiger partial charge in [-0.25, -0.2) is 12.4 Å². The van der Waals surface area contributed by atoms with Crippen molar-refractivity contribution in [1.29, 1.82) is 0 Å². The minimum atomic E-state index is -3.98. The summed E-state index contributed by atoms with van der Waals surface area (Å²) in [6, 6.07) is 25.4. The van der Waals surface area contributed by atoms with Crippen molar-refractivity contribution in [3.63, 3.8) is 0 Å². The topological polar surface area (TPSA) is 62.6 Å². The number of carbonyl (C=O) groups excluding carboxylic acids is 1. The second-order valence-electron chi connectivity index (χ2n) is 8.64. The normalized spacial score (nSPS) is 11.4. The maximum Gasteiger partial charge on any atom is 0.271 e. The predicted molar refractivity (Wildman–Crippen MR) is 144 cm³/mol. The molecule has 0 N–H and O–H groups in total. The summed E-state index contributed by atoms with van der Waals surface area (Å²) in [6.45, 7) is 1.36. The summed E-state index contributed by atoms with van der Waals surface area (Å²) < 4.78 is 28.6. The lowest BCUT2D eigenvalue weighted by molar-refractivity contribution is 0.0784. The number of rotatable bonds is 8. The van der Waals surface area contributed by atoms with E-state index in [9.17, 15) is 13.2 Å². The molecule has 0 bridgehead atoms. The number of hydrogen-bond donors (Lipinski definition) is 0. The Labute approximate surface area is 213 Å². The van der Waals surface area contributed by atoms with Crippen molar-refractivity contribution in [2.75, 3.05) is 34.2 Å². The molecular formula is C27H30ClN3O3S. The number of fused-ring (bicyclic) bond motifs is 1. The first-order chi connectivity index (χ1) is 16.3. The van der Waals surface area contributed by atoms with Crippen molar-refractivity contribution in [2.45, 2.75) is 11.3 Å². The van der Waals surface area contributed by atoms with Gasteiger partial charge in [0, 0.05) is 19.0 Å². The predicted octanol–water partition coefficient (Wildman–Crippen LogP) is 4.99. The van der Waals surface area contributed by atoms with Crippen LogP contribution in [0.1, 0.15) is 16.9 Å². The molecule has 0 saturated carbocycles. The first kappa shape index (κ1) is 26.5. The molecule has 35 heavy (non-hydrogen) atoms. The molecule has 0 aliphatic carbocycles. The molecule has 0 atom stereocenters. The van der Waals surface area contributed by atoms with Crippen molar-refractivity contribution in [3.8, 4) is 11.1 Å². The molecule has 0 aliphatic rings. The Balaban J connectivity index is 0.00000342. The van der Waals surface area contributed by atoms with Gasteiger partial charge in [-0.05, 0) is 68.5 Å². The first-order valence-electron chi connectivity index (χ1n) is 11.2. The Morgan fingerprint density at radius 1 is 0.800 bits per heavy atom. The highest BCUT2D eigenvalue weighted by Crippen LogP contribution is 2.30. The lowest BCUT2D eigenvalue weighted by Gasteiger charge is -2.20. The zero-order valence-electron chi connectivity index (χ0n) is 20.1. The van der Waals surface area contributed by atoms with Crippen LogP contribution >= 0.6 is 12.4 Å². The molecule has 8 heteroatoms. The molecule has 0 fully saturated rings. The summed E-state index contributed by atoms with van der Waals surface area (Å²) in [6.07, 6.45) is 0.791. The van der Waals surface area contributed by atoms with Crippen LogP contribution in [-0.4, -0.2) is 62.3 Å². The van der Waals surface area contributed by atoms with E-state index in [2.05, 4.69) is 4.90 Å². The Morgan fingerprint density at radius 2 is 1.43 bits per heavy atom. The maximum absolute atomic E-state index is 13.7. The minimum Gasteiger partial charge on any atom is -0.340 e. The number of amides is 1. The smallest absolute Gasteiger partial charge is 0.271 e. The van der Waals surface area contributed by atoms with E-state index in [4.69, 9.17) is 0 Å². The fraction of sp³-hybridized carbons (Fsp3) is 0.222. The number of hydrogen-bond acceptors (Lipinski definition) is 4. The van der Waals surface area contributed by atoms with Gasteiger partial charge in [-0.3, -0.25) is 4.79 Å². The van der Waals surface area contributed by atoms with E-state index in [1.807, 2.05) is 56.6 Å². The number of benzene rings is 3. The van der Waals surface area contributed by atoms with Crippen molar-refractivity contribution in [1.82, 2.24) is 13.8 Å². The van der Waals surface area contributed by atoms with E-state index in [0.717, 1.165) is 24.1 Å². The van der Waals surface area contributed by atoms with Gasteiger partial charge in [-0.15, -0.1) is 12.4 Å². The lowest BCUT2D eigenvalue weighted by atomic mass is 10.0. The third-order valence-electron chi connectivity index (χ3n) is 5.81. The second kappa shape index (κ2) is 11.1. The molecule has 1 aromatic heterocycles.